The van der Waals surface area contributed by atoms with Crippen LogP contribution in [0, 0.1) is 11.3 Å². The lowest BCUT2D eigenvalue weighted by atomic mass is 9.93. The fraction of sp³-hybridized carbons (Fsp3) is 0.241. The maximum Gasteiger partial charge on any atom is 0.258 e. The van der Waals surface area contributed by atoms with Crippen molar-refractivity contribution in [3.8, 4) is 17.5 Å². The van der Waals surface area contributed by atoms with Crippen LogP contribution in [0.2, 0.25) is 0 Å². The zero-order valence-corrected chi connectivity index (χ0v) is 20.9. The Morgan fingerprint density at radius 1 is 0.892 bits per heavy atom. The van der Waals surface area contributed by atoms with Gasteiger partial charge in [-0.25, -0.2) is 4.98 Å². The highest BCUT2D eigenvalue weighted by Crippen LogP contribution is 2.40. The Hall–Kier alpha value is -4.48. The van der Waals surface area contributed by atoms with E-state index < -0.39 is 0 Å². The number of anilines is 2. The highest BCUT2D eigenvalue weighted by molar-refractivity contribution is 6.08. The van der Waals surface area contributed by atoms with E-state index in [-0.39, 0.29) is 11.9 Å². The lowest BCUT2D eigenvalue weighted by molar-refractivity contribution is 0.0992. The average Bonchev–Trinajstić information content (AvgIpc) is 3.36. The highest BCUT2D eigenvalue weighted by Gasteiger charge is 2.35. The third kappa shape index (κ3) is 3.94. The van der Waals surface area contributed by atoms with Crippen molar-refractivity contribution in [2.45, 2.75) is 6.04 Å². The van der Waals surface area contributed by atoms with Crippen molar-refractivity contribution in [3.63, 3.8) is 0 Å². The summed E-state index contributed by atoms with van der Waals surface area (Å²) in [4.78, 5) is 24.1. The van der Waals surface area contributed by atoms with Gasteiger partial charge in [0.15, 0.2) is 5.82 Å². The van der Waals surface area contributed by atoms with Gasteiger partial charge in [0.1, 0.15) is 12.4 Å². The van der Waals surface area contributed by atoms with Crippen LogP contribution in [0.25, 0.3) is 11.4 Å². The molecule has 37 heavy (non-hydrogen) atoms. The molecule has 1 atom stereocenters. The quantitative estimate of drug-likeness (QED) is 0.435. The van der Waals surface area contributed by atoms with E-state index in [0.717, 1.165) is 59.8 Å². The highest BCUT2D eigenvalue weighted by atomic mass is 16.2. The van der Waals surface area contributed by atoms with Crippen LogP contribution in [0.5, 0.6) is 0 Å². The van der Waals surface area contributed by atoms with Gasteiger partial charge in [0.2, 0.25) is 0 Å². The number of fused-ring (bicyclic) bond motifs is 2. The van der Waals surface area contributed by atoms with Crippen molar-refractivity contribution in [1.29, 1.82) is 5.26 Å². The molecule has 0 bridgehead atoms. The van der Waals surface area contributed by atoms with E-state index in [4.69, 9.17) is 0 Å². The summed E-state index contributed by atoms with van der Waals surface area (Å²) in [6, 6.07) is 24.4. The summed E-state index contributed by atoms with van der Waals surface area (Å²) >= 11 is 0. The molecule has 0 spiro atoms. The second-order valence-corrected chi connectivity index (χ2v) is 9.52. The summed E-state index contributed by atoms with van der Waals surface area (Å²) in [5, 5.41) is 14.3. The van der Waals surface area contributed by atoms with Crippen molar-refractivity contribution < 1.29 is 4.79 Å². The Morgan fingerprint density at radius 2 is 1.62 bits per heavy atom. The molecule has 6 rings (SSSR count). The number of carbonyl (C=O) groups is 1. The maximum atomic E-state index is 13.3. The van der Waals surface area contributed by atoms with E-state index in [1.54, 1.807) is 15.9 Å². The number of nitriles is 1. The van der Waals surface area contributed by atoms with E-state index in [0.29, 0.717) is 11.4 Å². The predicted octanol–water partition coefficient (Wildman–Crippen LogP) is 3.86. The summed E-state index contributed by atoms with van der Waals surface area (Å²) in [6.45, 7) is 3.17. The largest absolute Gasteiger partial charge is 0.368 e. The van der Waals surface area contributed by atoms with Crippen LogP contribution < -0.4 is 9.80 Å². The number of aryl methyl sites for hydroxylation is 1. The van der Waals surface area contributed by atoms with Gasteiger partial charge in [-0.2, -0.15) is 10.4 Å². The van der Waals surface area contributed by atoms with E-state index in [1.165, 1.54) is 0 Å². The Kier molecular flexibility index (Phi) is 5.70. The molecule has 8 heteroatoms. The van der Waals surface area contributed by atoms with Crippen LogP contribution in [0.15, 0.2) is 73.1 Å². The van der Waals surface area contributed by atoms with Crippen LogP contribution in [-0.2, 0) is 7.05 Å². The first-order valence-corrected chi connectivity index (χ1v) is 12.4. The van der Waals surface area contributed by atoms with Crippen LogP contribution in [-0.4, -0.2) is 58.8 Å². The van der Waals surface area contributed by atoms with E-state index in [9.17, 15) is 10.1 Å². The molecule has 1 saturated heterocycles. The Bertz CT molecular complexity index is 1530. The fourth-order valence-electron chi connectivity index (χ4n) is 5.54. The summed E-state index contributed by atoms with van der Waals surface area (Å²) in [5.41, 5.74) is 6.26. The van der Waals surface area contributed by atoms with Crippen LogP contribution in [0.1, 0.15) is 33.1 Å². The zero-order valence-electron chi connectivity index (χ0n) is 20.9. The molecule has 4 aromatic rings. The Labute approximate surface area is 216 Å². The first-order chi connectivity index (χ1) is 18.0. The number of aromatic nitrogens is 3. The van der Waals surface area contributed by atoms with Crippen molar-refractivity contribution in [2.24, 2.45) is 7.05 Å². The number of para-hydroxylation sites is 1. The minimum atomic E-state index is -0.0171. The molecule has 0 radical (unpaired) electrons. The van der Waals surface area contributed by atoms with Gasteiger partial charge in [-0.1, -0.05) is 36.4 Å². The smallest absolute Gasteiger partial charge is 0.258 e. The molecule has 3 heterocycles. The van der Waals surface area contributed by atoms with Crippen LogP contribution >= 0.6 is 0 Å². The number of hydrogen-bond donors (Lipinski definition) is 0. The number of rotatable bonds is 3. The molecule has 0 N–H and O–H groups in total. The normalized spacial score (nSPS) is 17.6. The summed E-state index contributed by atoms with van der Waals surface area (Å²) in [5.74, 6) is 0.630. The molecular weight excluding hydrogens is 462 g/mol. The molecule has 0 saturated carbocycles. The van der Waals surface area contributed by atoms with Gasteiger partial charge in [-0.3, -0.25) is 14.4 Å². The van der Waals surface area contributed by atoms with Gasteiger partial charge < -0.3 is 9.80 Å². The minimum absolute atomic E-state index is 0.0171. The van der Waals surface area contributed by atoms with Crippen molar-refractivity contribution in [1.82, 2.24) is 19.7 Å². The number of hydrogen-bond acceptors (Lipinski definition) is 6. The van der Waals surface area contributed by atoms with Crippen molar-refractivity contribution >= 4 is 17.3 Å². The summed E-state index contributed by atoms with van der Waals surface area (Å²) < 4.78 is 1.66. The average molecular weight is 490 g/mol. The second-order valence-electron chi connectivity index (χ2n) is 9.52. The van der Waals surface area contributed by atoms with Gasteiger partial charge >= 0.3 is 0 Å². The molecule has 2 aliphatic rings. The summed E-state index contributed by atoms with van der Waals surface area (Å²) in [6.07, 6.45) is 1.66. The van der Waals surface area contributed by atoms with E-state index in [1.807, 2.05) is 68.7 Å². The predicted molar refractivity (Wildman–Crippen MR) is 142 cm³/mol. The molecule has 8 nitrogen and oxygen atoms in total. The first-order valence-electron chi connectivity index (χ1n) is 12.4. The Morgan fingerprint density at radius 3 is 2.35 bits per heavy atom. The van der Waals surface area contributed by atoms with Crippen molar-refractivity contribution in [3.05, 3.63) is 95.3 Å². The van der Waals surface area contributed by atoms with Crippen molar-refractivity contribution in [2.75, 3.05) is 43.0 Å². The monoisotopic (exact) mass is 489 g/mol. The molecule has 184 valence electrons. The molecule has 1 unspecified atom stereocenters. The zero-order chi connectivity index (χ0) is 25.5. The summed E-state index contributed by atoms with van der Waals surface area (Å²) in [7, 11) is 3.68. The van der Waals surface area contributed by atoms with Gasteiger partial charge in [-0.05, 0) is 41.5 Å². The number of nitrogens with zero attached hydrogens (tertiary/aromatic N) is 7. The second kappa shape index (κ2) is 9.19. The maximum absolute atomic E-state index is 13.3. The third-order valence-corrected chi connectivity index (χ3v) is 7.38. The standard InChI is InChI=1S/C29H27N7O/c1-33-19-31-28(32-33)20-11-12-25(21(17-20)18-30)35-13-15-36(16-14-35)27-22-7-3-4-8-23(22)29(37)34(2)26-10-6-5-9-24(26)27/h3-12,17,19,27H,13-16H2,1-2H3. The van der Waals surface area contributed by atoms with Gasteiger partial charge in [0.05, 0.1) is 17.3 Å². The van der Waals surface area contributed by atoms with Gasteiger partial charge in [-0.15, -0.1) is 0 Å². The molecule has 1 amide bonds. The fourth-order valence-corrected chi connectivity index (χ4v) is 5.54. The number of amides is 1. The van der Waals surface area contributed by atoms with Crippen LogP contribution in [0.3, 0.4) is 0 Å². The minimum Gasteiger partial charge on any atom is -0.368 e. The molecule has 1 aromatic heterocycles. The van der Waals surface area contributed by atoms with Gasteiger partial charge in [0, 0.05) is 57.1 Å². The lowest BCUT2D eigenvalue weighted by Gasteiger charge is -2.41. The lowest BCUT2D eigenvalue weighted by Crippen LogP contribution is -2.48. The Balaban J connectivity index is 1.30. The van der Waals surface area contributed by atoms with E-state index in [2.05, 4.69) is 38.1 Å². The molecule has 1 fully saturated rings. The molecular formula is C29H27N7O. The molecule has 2 aliphatic heterocycles. The third-order valence-electron chi connectivity index (χ3n) is 7.38. The van der Waals surface area contributed by atoms with Crippen LogP contribution in [0.4, 0.5) is 11.4 Å². The van der Waals surface area contributed by atoms with Gasteiger partial charge in [0.25, 0.3) is 5.91 Å². The SMILES string of the molecule is CN1C(=O)c2ccccc2C(N2CCN(c3ccc(-c4ncn(C)n4)cc3C#N)CC2)c2ccccc21. The number of benzene rings is 3. The molecule has 0 aliphatic carbocycles. The number of carbonyl (C=O) groups excluding carboxylic acids is 1. The molecule has 3 aromatic carbocycles. The topological polar surface area (TPSA) is 81.3 Å². The first kappa shape index (κ1) is 23.0. The van der Waals surface area contributed by atoms with E-state index >= 15 is 0 Å². The number of piperazine rings is 1.